The van der Waals surface area contributed by atoms with Crippen molar-refractivity contribution < 1.29 is 12.9 Å². The van der Waals surface area contributed by atoms with Crippen LogP contribution in [-0.2, 0) is 23.1 Å². The highest BCUT2D eigenvalue weighted by Crippen LogP contribution is 2.22. The van der Waals surface area contributed by atoms with E-state index in [0.717, 1.165) is 5.56 Å². The molecule has 0 radical (unpaired) electrons. The highest BCUT2D eigenvalue weighted by atomic mass is 35.5. The number of hydrogen-bond acceptors (Lipinski definition) is 5. The fourth-order valence-corrected chi connectivity index (χ4v) is 3.36. The largest absolute Gasteiger partial charge is 0.361 e. The number of nitrogens with one attached hydrogen (secondary N) is 2. The maximum atomic E-state index is 12.3. The van der Waals surface area contributed by atoms with Crippen molar-refractivity contribution in [3.63, 3.8) is 0 Å². The van der Waals surface area contributed by atoms with E-state index in [-0.39, 0.29) is 16.5 Å². The number of rotatable bonds is 6. The van der Waals surface area contributed by atoms with Crippen LogP contribution in [0.5, 0.6) is 0 Å². The molecule has 0 unspecified atom stereocenters. The first-order valence-electron chi connectivity index (χ1n) is 6.27. The summed E-state index contributed by atoms with van der Waals surface area (Å²) in [6, 6.07) is 6.57. The predicted octanol–water partition coefficient (Wildman–Crippen LogP) is 1.83. The molecule has 0 aliphatic rings. The van der Waals surface area contributed by atoms with Crippen LogP contribution >= 0.6 is 11.6 Å². The summed E-state index contributed by atoms with van der Waals surface area (Å²) in [4.78, 5) is 0.0529. The van der Waals surface area contributed by atoms with Gasteiger partial charge < -0.3 is 9.84 Å². The molecule has 0 bridgehead atoms. The van der Waals surface area contributed by atoms with Gasteiger partial charge in [-0.05, 0) is 31.7 Å². The number of sulfonamides is 1. The molecule has 6 nitrogen and oxygen atoms in total. The molecule has 0 spiro atoms. The maximum absolute atomic E-state index is 12.3. The van der Waals surface area contributed by atoms with E-state index < -0.39 is 10.0 Å². The van der Waals surface area contributed by atoms with Crippen molar-refractivity contribution in [3.05, 3.63) is 46.3 Å². The van der Waals surface area contributed by atoms with Crippen molar-refractivity contribution in [2.24, 2.45) is 0 Å². The zero-order valence-corrected chi connectivity index (χ0v) is 13.3. The highest BCUT2D eigenvalue weighted by molar-refractivity contribution is 7.89. The van der Waals surface area contributed by atoms with E-state index in [0.29, 0.717) is 18.0 Å². The zero-order chi connectivity index (χ0) is 15.5. The zero-order valence-electron chi connectivity index (χ0n) is 11.7. The highest BCUT2D eigenvalue weighted by Gasteiger charge is 2.19. The number of aromatic nitrogens is 1. The van der Waals surface area contributed by atoms with Crippen LogP contribution in [0.15, 0.2) is 33.7 Å². The molecule has 1 aromatic heterocycles. The van der Waals surface area contributed by atoms with E-state index in [1.165, 1.54) is 0 Å². The van der Waals surface area contributed by atoms with E-state index in [9.17, 15) is 8.42 Å². The summed E-state index contributed by atoms with van der Waals surface area (Å²) in [5.74, 6) is 0.623. The van der Waals surface area contributed by atoms with Gasteiger partial charge in [-0.25, -0.2) is 13.1 Å². The van der Waals surface area contributed by atoms with Gasteiger partial charge in [-0.2, -0.15) is 0 Å². The van der Waals surface area contributed by atoms with Crippen LogP contribution in [0.2, 0.25) is 5.02 Å². The van der Waals surface area contributed by atoms with Gasteiger partial charge in [0.25, 0.3) is 0 Å². The molecule has 0 aliphatic carbocycles. The van der Waals surface area contributed by atoms with Crippen molar-refractivity contribution >= 4 is 21.6 Å². The van der Waals surface area contributed by atoms with Gasteiger partial charge in [0.1, 0.15) is 10.7 Å². The fourth-order valence-electron chi connectivity index (χ4n) is 1.82. The minimum Gasteiger partial charge on any atom is -0.361 e. The summed E-state index contributed by atoms with van der Waals surface area (Å²) >= 11 is 5.99. The maximum Gasteiger partial charge on any atom is 0.242 e. The van der Waals surface area contributed by atoms with Crippen molar-refractivity contribution in [3.8, 4) is 0 Å². The Balaban J connectivity index is 2.20. The van der Waals surface area contributed by atoms with Crippen LogP contribution in [-0.4, -0.2) is 20.6 Å². The van der Waals surface area contributed by atoms with Gasteiger partial charge in [0, 0.05) is 12.6 Å². The summed E-state index contributed by atoms with van der Waals surface area (Å²) in [5.41, 5.74) is 1.35. The molecule has 8 heteroatoms. The third-order valence-corrected chi connectivity index (χ3v) is 4.67. The molecule has 21 heavy (non-hydrogen) atoms. The van der Waals surface area contributed by atoms with Crippen LogP contribution in [0.1, 0.15) is 17.0 Å². The van der Waals surface area contributed by atoms with E-state index in [4.69, 9.17) is 16.1 Å². The normalized spacial score (nSPS) is 11.8. The first kappa shape index (κ1) is 16.0. The topological polar surface area (TPSA) is 84.2 Å². The average molecular weight is 330 g/mol. The molecule has 0 aliphatic heterocycles. The molecule has 2 aromatic rings. The molecule has 0 saturated heterocycles. The van der Waals surface area contributed by atoms with Gasteiger partial charge in [-0.1, -0.05) is 22.8 Å². The Labute approximate surface area is 128 Å². The van der Waals surface area contributed by atoms with E-state index >= 15 is 0 Å². The number of benzene rings is 1. The fraction of sp³-hybridized carbons (Fsp3) is 0.308. The van der Waals surface area contributed by atoms with E-state index in [1.807, 2.05) is 0 Å². The molecular weight excluding hydrogens is 314 g/mol. The molecule has 2 N–H and O–H groups in total. The second kappa shape index (κ2) is 6.57. The lowest BCUT2D eigenvalue weighted by Gasteiger charge is -2.09. The monoisotopic (exact) mass is 329 g/mol. The molecule has 0 atom stereocenters. The molecule has 2 rings (SSSR count). The molecule has 0 saturated carbocycles. The van der Waals surface area contributed by atoms with Crippen molar-refractivity contribution in [2.75, 3.05) is 7.05 Å². The third kappa shape index (κ3) is 4.04. The van der Waals surface area contributed by atoms with Crippen molar-refractivity contribution in [1.29, 1.82) is 0 Å². The van der Waals surface area contributed by atoms with Crippen molar-refractivity contribution in [1.82, 2.24) is 15.2 Å². The van der Waals surface area contributed by atoms with Gasteiger partial charge in [-0.15, -0.1) is 0 Å². The Morgan fingerprint density at radius 2 is 2.05 bits per heavy atom. The van der Waals surface area contributed by atoms with Gasteiger partial charge in [0.05, 0.1) is 17.3 Å². The SMILES string of the molecule is CNCc1ccc(Cl)c(S(=O)(=O)NCc2cc(C)on2)c1. The van der Waals surface area contributed by atoms with Crippen LogP contribution in [0.25, 0.3) is 0 Å². The lowest BCUT2D eigenvalue weighted by atomic mass is 10.2. The van der Waals surface area contributed by atoms with Gasteiger partial charge >= 0.3 is 0 Å². The van der Waals surface area contributed by atoms with Crippen LogP contribution < -0.4 is 10.0 Å². The summed E-state index contributed by atoms with van der Waals surface area (Å²) in [6.45, 7) is 2.34. The Morgan fingerprint density at radius 1 is 1.29 bits per heavy atom. The molecule has 0 amide bonds. The lowest BCUT2D eigenvalue weighted by molar-refractivity contribution is 0.390. The Kier molecular flexibility index (Phi) is 5.00. The second-order valence-electron chi connectivity index (χ2n) is 4.55. The standard InChI is InChI=1S/C13H16ClN3O3S/c1-9-5-11(17-20-9)8-16-21(18,19)13-6-10(7-15-2)3-4-12(13)14/h3-6,15-16H,7-8H2,1-2H3. The Morgan fingerprint density at radius 3 is 2.67 bits per heavy atom. The predicted molar refractivity (Wildman–Crippen MR) is 79.5 cm³/mol. The quantitative estimate of drug-likeness (QED) is 0.844. The molecule has 114 valence electrons. The lowest BCUT2D eigenvalue weighted by Crippen LogP contribution is -2.24. The molecular formula is C13H16ClN3O3S. The Bertz CT molecular complexity index is 728. The molecule has 1 heterocycles. The third-order valence-electron chi connectivity index (χ3n) is 2.79. The first-order valence-corrected chi connectivity index (χ1v) is 8.13. The van der Waals surface area contributed by atoms with E-state index in [2.05, 4.69) is 15.2 Å². The summed E-state index contributed by atoms with van der Waals surface area (Å²) in [6.07, 6.45) is 0. The van der Waals surface area contributed by atoms with Crippen LogP contribution in [0.4, 0.5) is 0 Å². The minimum atomic E-state index is -3.71. The molecule has 1 aromatic carbocycles. The Hall–Kier alpha value is -1.41. The van der Waals surface area contributed by atoms with Gasteiger partial charge in [0.2, 0.25) is 10.0 Å². The van der Waals surface area contributed by atoms with Gasteiger partial charge in [0.15, 0.2) is 0 Å². The number of halogens is 1. The number of hydrogen-bond donors (Lipinski definition) is 2. The summed E-state index contributed by atoms with van der Waals surface area (Å²) in [5, 5.41) is 6.88. The second-order valence-corrected chi connectivity index (χ2v) is 6.69. The first-order chi connectivity index (χ1) is 9.92. The minimum absolute atomic E-state index is 0.0479. The summed E-state index contributed by atoms with van der Waals surface area (Å²) in [7, 11) is -1.93. The van der Waals surface area contributed by atoms with E-state index in [1.54, 1.807) is 38.2 Å². The average Bonchev–Trinajstić information content (AvgIpc) is 2.85. The van der Waals surface area contributed by atoms with Gasteiger partial charge in [-0.3, -0.25) is 0 Å². The van der Waals surface area contributed by atoms with Crippen molar-refractivity contribution in [2.45, 2.75) is 24.9 Å². The van der Waals surface area contributed by atoms with Crippen LogP contribution in [0, 0.1) is 6.92 Å². The molecule has 0 fully saturated rings. The van der Waals surface area contributed by atoms with Crippen LogP contribution in [0.3, 0.4) is 0 Å². The summed E-state index contributed by atoms with van der Waals surface area (Å²) < 4.78 is 32.0. The number of aryl methyl sites for hydroxylation is 1. The number of nitrogens with zero attached hydrogens (tertiary/aromatic N) is 1. The smallest absolute Gasteiger partial charge is 0.242 e.